The summed E-state index contributed by atoms with van der Waals surface area (Å²) in [5.74, 6) is -0.280. The van der Waals surface area contributed by atoms with Crippen LogP contribution < -0.4 is 5.32 Å². The Morgan fingerprint density at radius 3 is 2.67 bits per heavy atom. The molecule has 1 aromatic rings. The number of hydrogen-bond acceptors (Lipinski definition) is 4. The number of likely N-dealkylation sites (N-methyl/N-ethyl adjacent to an activating group) is 1. The van der Waals surface area contributed by atoms with E-state index in [-0.39, 0.29) is 5.97 Å². The molecule has 0 aliphatic carbocycles. The Hall–Kier alpha value is -1.39. The van der Waals surface area contributed by atoms with Crippen LogP contribution in [0.4, 0.5) is 0 Å². The van der Waals surface area contributed by atoms with Crippen LogP contribution in [0.2, 0.25) is 0 Å². The molecule has 0 bridgehead atoms. The molecule has 0 aliphatic rings. The summed E-state index contributed by atoms with van der Waals surface area (Å²) in [5, 5.41) is 2.90. The van der Waals surface area contributed by atoms with E-state index >= 15 is 0 Å². The van der Waals surface area contributed by atoms with Crippen molar-refractivity contribution in [2.45, 2.75) is 26.0 Å². The lowest BCUT2D eigenvalue weighted by molar-refractivity contribution is -0.149. The quantitative estimate of drug-likeness (QED) is 0.565. The topological polar surface area (TPSA) is 47.6 Å². The molecule has 0 aromatic heterocycles. The first-order valence-corrected chi connectivity index (χ1v) is 6.23. The van der Waals surface area contributed by atoms with Crippen molar-refractivity contribution in [3.05, 3.63) is 35.9 Å². The second-order valence-electron chi connectivity index (χ2n) is 4.01. The van der Waals surface area contributed by atoms with Crippen LogP contribution in [-0.2, 0) is 20.9 Å². The highest BCUT2D eigenvalue weighted by molar-refractivity contribution is 5.75. The largest absolute Gasteiger partial charge is 0.460 e. The van der Waals surface area contributed by atoms with Gasteiger partial charge in [-0.05, 0) is 19.0 Å². The number of esters is 1. The molecule has 0 fully saturated rings. The van der Waals surface area contributed by atoms with Crippen molar-refractivity contribution in [1.29, 1.82) is 0 Å². The summed E-state index contributed by atoms with van der Waals surface area (Å²) in [7, 11) is 1.73. The molecule has 4 nitrogen and oxygen atoms in total. The van der Waals surface area contributed by atoms with Gasteiger partial charge in [-0.25, -0.2) is 0 Å². The Kier molecular flexibility index (Phi) is 7.06. The lowest BCUT2D eigenvalue weighted by atomic mass is 10.2. The normalized spacial score (nSPS) is 12.1. The second kappa shape index (κ2) is 8.66. The molecule has 0 heterocycles. The van der Waals surface area contributed by atoms with E-state index in [0.29, 0.717) is 19.8 Å². The minimum absolute atomic E-state index is 0.280. The molecule has 1 rings (SSSR count). The van der Waals surface area contributed by atoms with Crippen molar-refractivity contribution in [1.82, 2.24) is 5.32 Å². The number of carbonyl (C=O) groups excluding carboxylic acids is 1. The zero-order valence-corrected chi connectivity index (χ0v) is 11.0. The SMILES string of the molecule is CCCOC[C@H](NC)C(=O)OCc1ccccc1. The Morgan fingerprint density at radius 1 is 1.33 bits per heavy atom. The van der Waals surface area contributed by atoms with Crippen LogP contribution in [0.25, 0.3) is 0 Å². The summed E-state index contributed by atoms with van der Waals surface area (Å²) in [6, 6.07) is 9.22. The van der Waals surface area contributed by atoms with Crippen LogP contribution in [0.1, 0.15) is 18.9 Å². The average molecular weight is 251 g/mol. The van der Waals surface area contributed by atoms with E-state index < -0.39 is 6.04 Å². The van der Waals surface area contributed by atoms with Gasteiger partial charge in [0.15, 0.2) is 0 Å². The van der Waals surface area contributed by atoms with Crippen molar-refractivity contribution in [2.24, 2.45) is 0 Å². The van der Waals surface area contributed by atoms with Gasteiger partial charge < -0.3 is 14.8 Å². The predicted octanol–water partition coefficient (Wildman–Crippen LogP) is 1.74. The molecule has 1 N–H and O–H groups in total. The molecule has 0 saturated carbocycles. The second-order valence-corrected chi connectivity index (χ2v) is 4.01. The molecular weight excluding hydrogens is 230 g/mol. The number of carbonyl (C=O) groups is 1. The van der Waals surface area contributed by atoms with Crippen LogP contribution in [0, 0.1) is 0 Å². The van der Waals surface area contributed by atoms with Gasteiger partial charge in [0.2, 0.25) is 0 Å². The van der Waals surface area contributed by atoms with Crippen molar-refractivity contribution in [2.75, 3.05) is 20.3 Å². The van der Waals surface area contributed by atoms with Crippen LogP contribution in [0.15, 0.2) is 30.3 Å². The highest BCUT2D eigenvalue weighted by Crippen LogP contribution is 2.02. The van der Waals surface area contributed by atoms with E-state index in [9.17, 15) is 4.79 Å². The highest BCUT2D eigenvalue weighted by Gasteiger charge is 2.17. The maximum absolute atomic E-state index is 11.8. The van der Waals surface area contributed by atoms with E-state index in [1.54, 1.807) is 7.05 Å². The van der Waals surface area contributed by atoms with Crippen molar-refractivity contribution in [3.8, 4) is 0 Å². The maximum atomic E-state index is 11.8. The number of hydrogen-bond donors (Lipinski definition) is 1. The number of nitrogens with one attached hydrogen (secondary N) is 1. The molecule has 1 aromatic carbocycles. The molecule has 0 amide bonds. The predicted molar refractivity (Wildman–Crippen MR) is 70.2 cm³/mol. The van der Waals surface area contributed by atoms with Gasteiger partial charge in [-0.15, -0.1) is 0 Å². The number of ether oxygens (including phenoxy) is 2. The van der Waals surface area contributed by atoms with E-state index in [4.69, 9.17) is 9.47 Å². The highest BCUT2D eigenvalue weighted by atomic mass is 16.5. The summed E-state index contributed by atoms with van der Waals surface area (Å²) >= 11 is 0. The lowest BCUT2D eigenvalue weighted by Gasteiger charge is -2.15. The van der Waals surface area contributed by atoms with Gasteiger partial charge >= 0.3 is 5.97 Å². The molecule has 0 saturated heterocycles. The molecule has 4 heteroatoms. The molecule has 100 valence electrons. The molecular formula is C14H21NO3. The lowest BCUT2D eigenvalue weighted by Crippen LogP contribution is -2.39. The van der Waals surface area contributed by atoms with Gasteiger partial charge in [0, 0.05) is 6.61 Å². The first-order chi connectivity index (χ1) is 8.77. The molecule has 0 aliphatic heterocycles. The summed E-state index contributed by atoms with van der Waals surface area (Å²) in [6.45, 7) is 3.33. The summed E-state index contributed by atoms with van der Waals surface area (Å²) < 4.78 is 10.6. The monoisotopic (exact) mass is 251 g/mol. The zero-order chi connectivity index (χ0) is 13.2. The fourth-order valence-corrected chi connectivity index (χ4v) is 1.44. The third-order valence-electron chi connectivity index (χ3n) is 2.49. The van der Waals surface area contributed by atoms with E-state index in [1.165, 1.54) is 0 Å². The van der Waals surface area contributed by atoms with Crippen molar-refractivity contribution in [3.63, 3.8) is 0 Å². The molecule has 0 spiro atoms. The average Bonchev–Trinajstić information content (AvgIpc) is 2.42. The molecule has 0 unspecified atom stereocenters. The van der Waals surface area contributed by atoms with Gasteiger partial charge in [-0.2, -0.15) is 0 Å². The van der Waals surface area contributed by atoms with Gasteiger partial charge in [0.1, 0.15) is 12.6 Å². The molecule has 18 heavy (non-hydrogen) atoms. The minimum Gasteiger partial charge on any atom is -0.460 e. The van der Waals surface area contributed by atoms with E-state index in [2.05, 4.69) is 5.32 Å². The molecule has 0 radical (unpaired) electrons. The Bertz CT molecular complexity index is 340. The van der Waals surface area contributed by atoms with Gasteiger partial charge in [0.25, 0.3) is 0 Å². The van der Waals surface area contributed by atoms with E-state index in [1.807, 2.05) is 37.3 Å². The van der Waals surface area contributed by atoms with Crippen molar-refractivity contribution < 1.29 is 14.3 Å². The Balaban J connectivity index is 2.33. The standard InChI is InChI=1S/C14H21NO3/c1-3-9-17-11-13(15-2)14(16)18-10-12-7-5-4-6-8-12/h4-8,13,15H,3,9-11H2,1-2H3/t13-/m0/s1. The number of rotatable bonds is 8. The Morgan fingerprint density at radius 2 is 2.06 bits per heavy atom. The summed E-state index contributed by atoms with van der Waals surface area (Å²) in [4.78, 5) is 11.8. The summed E-state index contributed by atoms with van der Waals surface area (Å²) in [5.41, 5.74) is 0.982. The Labute approximate surface area is 108 Å². The third kappa shape index (κ3) is 5.29. The van der Waals surface area contributed by atoms with Crippen LogP contribution in [-0.4, -0.2) is 32.3 Å². The number of benzene rings is 1. The van der Waals surface area contributed by atoms with Gasteiger partial charge in [0.05, 0.1) is 6.61 Å². The third-order valence-corrected chi connectivity index (χ3v) is 2.49. The smallest absolute Gasteiger partial charge is 0.325 e. The van der Waals surface area contributed by atoms with Crippen molar-refractivity contribution >= 4 is 5.97 Å². The maximum Gasteiger partial charge on any atom is 0.325 e. The first kappa shape index (κ1) is 14.7. The van der Waals surface area contributed by atoms with Crippen LogP contribution in [0.5, 0.6) is 0 Å². The van der Waals surface area contributed by atoms with E-state index in [0.717, 1.165) is 12.0 Å². The minimum atomic E-state index is -0.403. The van der Waals surface area contributed by atoms with Crippen LogP contribution in [0.3, 0.4) is 0 Å². The first-order valence-electron chi connectivity index (χ1n) is 6.23. The fourth-order valence-electron chi connectivity index (χ4n) is 1.44. The van der Waals surface area contributed by atoms with Gasteiger partial charge in [-0.1, -0.05) is 37.3 Å². The molecule has 1 atom stereocenters. The zero-order valence-electron chi connectivity index (χ0n) is 11.0. The van der Waals surface area contributed by atoms with Crippen LogP contribution >= 0.6 is 0 Å². The van der Waals surface area contributed by atoms with Gasteiger partial charge in [-0.3, -0.25) is 4.79 Å². The fraction of sp³-hybridized carbons (Fsp3) is 0.500. The summed E-state index contributed by atoms with van der Waals surface area (Å²) in [6.07, 6.45) is 0.940.